The molecule has 5 nitrogen and oxygen atoms in total. The molecular weight excluding hydrogens is 358 g/mol. The van der Waals surface area contributed by atoms with E-state index in [2.05, 4.69) is 15.3 Å². The first-order chi connectivity index (χ1) is 11.8. The van der Waals surface area contributed by atoms with E-state index in [1.54, 1.807) is 0 Å². The molecule has 0 saturated heterocycles. The number of halogens is 1. The zero-order chi connectivity index (χ0) is 18.1. The van der Waals surface area contributed by atoms with E-state index in [4.69, 9.17) is 16.3 Å². The molecule has 2 aromatic heterocycles. The van der Waals surface area contributed by atoms with Crippen LogP contribution < -0.4 is 5.32 Å². The fourth-order valence-electron chi connectivity index (χ4n) is 2.44. The molecule has 1 N–H and O–H groups in total. The Morgan fingerprint density at radius 1 is 1.20 bits per heavy atom. The van der Waals surface area contributed by atoms with E-state index in [-0.39, 0.29) is 17.4 Å². The Morgan fingerprint density at radius 2 is 1.88 bits per heavy atom. The monoisotopic (exact) mass is 375 g/mol. The Labute approximate surface area is 155 Å². The van der Waals surface area contributed by atoms with Gasteiger partial charge in [0.2, 0.25) is 5.28 Å². The summed E-state index contributed by atoms with van der Waals surface area (Å²) >= 11 is 7.33. The van der Waals surface area contributed by atoms with E-state index < -0.39 is 0 Å². The molecule has 1 aromatic carbocycles. The van der Waals surface area contributed by atoms with Crippen LogP contribution in [0.1, 0.15) is 34.6 Å². The van der Waals surface area contributed by atoms with Gasteiger partial charge in [-0.05, 0) is 57.0 Å². The van der Waals surface area contributed by atoms with Crippen LogP contribution in [0.4, 0.5) is 11.5 Å². The quantitative estimate of drug-likeness (QED) is 0.497. The summed E-state index contributed by atoms with van der Waals surface area (Å²) in [6, 6.07) is 7.95. The van der Waals surface area contributed by atoms with E-state index in [1.165, 1.54) is 16.9 Å². The van der Waals surface area contributed by atoms with E-state index in [0.717, 1.165) is 16.6 Å². The van der Waals surface area contributed by atoms with Crippen LogP contribution in [0.15, 0.2) is 24.3 Å². The Hall–Kier alpha value is -2.18. The smallest absolute Gasteiger partial charge is 0.348 e. The largest absolute Gasteiger partial charge is 0.459 e. The normalized spacial score (nSPS) is 11.1. The molecule has 0 aliphatic rings. The first-order valence-electron chi connectivity index (χ1n) is 7.86. The highest BCUT2D eigenvalue weighted by molar-refractivity contribution is 7.20. The molecule has 0 bridgehead atoms. The number of nitrogens with one attached hydrogen (secondary N) is 1. The van der Waals surface area contributed by atoms with Crippen molar-refractivity contribution >= 4 is 50.6 Å². The van der Waals surface area contributed by atoms with Gasteiger partial charge in [-0.15, -0.1) is 11.3 Å². The van der Waals surface area contributed by atoms with Gasteiger partial charge in [-0.2, -0.15) is 4.98 Å². The first-order valence-corrected chi connectivity index (χ1v) is 9.06. The standard InChI is InChI=1S/C18H18ClN3O2S/c1-9(2)24-17(23)14-11(4)13-15(21-18(19)22-16(13)25-14)20-12-7-5-10(3)6-8-12/h5-9H,1-4H3,(H,20,21,22). The second kappa shape index (κ2) is 6.98. The van der Waals surface area contributed by atoms with Gasteiger partial charge in [-0.1, -0.05) is 17.7 Å². The Kier molecular flexibility index (Phi) is 4.92. The topological polar surface area (TPSA) is 64.1 Å². The Balaban J connectivity index is 2.07. The lowest BCUT2D eigenvalue weighted by Crippen LogP contribution is -2.11. The van der Waals surface area contributed by atoms with E-state index in [1.807, 2.05) is 52.0 Å². The number of carbonyl (C=O) groups is 1. The number of hydrogen-bond donors (Lipinski definition) is 1. The summed E-state index contributed by atoms with van der Waals surface area (Å²) in [7, 11) is 0. The molecule has 25 heavy (non-hydrogen) atoms. The molecule has 130 valence electrons. The number of esters is 1. The number of hydrogen-bond acceptors (Lipinski definition) is 6. The molecule has 0 amide bonds. The van der Waals surface area contributed by atoms with Crippen molar-refractivity contribution in [1.29, 1.82) is 0 Å². The van der Waals surface area contributed by atoms with Crippen molar-refractivity contribution in [3.05, 3.63) is 45.6 Å². The van der Waals surface area contributed by atoms with Gasteiger partial charge >= 0.3 is 5.97 Å². The summed E-state index contributed by atoms with van der Waals surface area (Å²) in [6.45, 7) is 7.54. The SMILES string of the molecule is Cc1ccc(Nc2nc(Cl)nc3sc(C(=O)OC(C)C)c(C)c23)cc1. The number of nitrogens with zero attached hydrogens (tertiary/aromatic N) is 2. The highest BCUT2D eigenvalue weighted by Gasteiger charge is 2.22. The fourth-order valence-corrected chi connectivity index (χ4v) is 3.72. The van der Waals surface area contributed by atoms with E-state index in [9.17, 15) is 4.79 Å². The third-order valence-electron chi connectivity index (χ3n) is 3.61. The number of rotatable bonds is 4. The van der Waals surface area contributed by atoms with Gasteiger partial charge in [-0.25, -0.2) is 9.78 Å². The van der Waals surface area contributed by atoms with E-state index >= 15 is 0 Å². The van der Waals surface area contributed by atoms with Crippen LogP contribution in [-0.4, -0.2) is 22.0 Å². The third-order valence-corrected chi connectivity index (χ3v) is 4.94. The number of aryl methyl sites for hydroxylation is 2. The lowest BCUT2D eigenvalue weighted by atomic mass is 10.2. The maximum atomic E-state index is 12.3. The average molecular weight is 376 g/mol. The number of benzene rings is 1. The fraction of sp³-hybridized carbons (Fsp3) is 0.278. The summed E-state index contributed by atoms with van der Waals surface area (Å²) < 4.78 is 5.32. The molecule has 7 heteroatoms. The van der Waals surface area contributed by atoms with Gasteiger partial charge in [0.15, 0.2) is 0 Å². The Morgan fingerprint density at radius 3 is 2.52 bits per heavy atom. The first kappa shape index (κ1) is 17.6. The van der Waals surface area contributed by atoms with Gasteiger partial charge in [0.25, 0.3) is 0 Å². The van der Waals surface area contributed by atoms with Crippen LogP contribution in [0.3, 0.4) is 0 Å². The van der Waals surface area contributed by atoms with Crippen molar-refractivity contribution in [2.24, 2.45) is 0 Å². The van der Waals surface area contributed by atoms with Crippen LogP contribution in [0.2, 0.25) is 5.28 Å². The predicted molar refractivity (Wildman–Crippen MR) is 102 cm³/mol. The number of ether oxygens (including phenoxy) is 1. The molecule has 0 spiro atoms. The Bertz CT molecular complexity index is 936. The van der Waals surface area contributed by atoms with Crippen molar-refractivity contribution in [1.82, 2.24) is 9.97 Å². The van der Waals surface area contributed by atoms with E-state index in [0.29, 0.717) is 15.5 Å². The second-order valence-electron chi connectivity index (χ2n) is 6.02. The lowest BCUT2D eigenvalue weighted by molar-refractivity contribution is 0.0383. The number of aromatic nitrogens is 2. The molecule has 0 saturated carbocycles. The maximum absolute atomic E-state index is 12.3. The molecule has 3 rings (SSSR count). The zero-order valence-electron chi connectivity index (χ0n) is 14.4. The van der Waals surface area contributed by atoms with Crippen molar-refractivity contribution in [2.45, 2.75) is 33.8 Å². The molecule has 0 radical (unpaired) electrons. The van der Waals surface area contributed by atoms with Gasteiger partial charge in [0, 0.05) is 5.69 Å². The maximum Gasteiger partial charge on any atom is 0.348 e. The van der Waals surface area contributed by atoms with Crippen LogP contribution in [0.25, 0.3) is 10.2 Å². The minimum atomic E-state index is -0.354. The summed E-state index contributed by atoms with van der Waals surface area (Å²) in [4.78, 5) is 22.1. The molecule has 0 aliphatic heterocycles. The van der Waals surface area contributed by atoms with Crippen LogP contribution >= 0.6 is 22.9 Å². The zero-order valence-corrected chi connectivity index (χ0v) is 16.0. The number of anilines is 2. The lowest BCUT2D eigenvalue weighted by Gasteiger charge is -2.09. The molecule has 0 unspecified atom stereocenters. The van der Waals surface area contributed by atoms with Crippen molar-refractivity contribution in [2.75, 3.05) is 5.32 Å². The number of carbonyl (C=O) groups excluding carboxylic acids is 1. The van der Waals surface area contributed by atoms with Gasteiger partial charge in [-0.3, -0.25) is 0 Å². The minimum Gasteiger partial charge on any atom is -0.459 e. The predicted octanol–water partition coefficient (Wildman–Crippen LogP) is 5.27. The van der Waals surface area contributed by atoms with Crippen LogP contribution in [-0.2, 0) is 4.74 Å². The highest BCUT2D eigenvalue weighted by Crippen LogP contribution is 2.36. The molecular formula is C18H18ClN3O2S. The number of fused-ring (bicyclic) bond motifs is 1. The summed E-state index contributed by atoms with van der Waals surface area (Å²) in [5, 5.41) is 4.18. The van der Waals surface area contributed by atoms with Gasteiger partial charge in [0.05, 0.1) is 11.5 Å². The summed E-state index contributed by atoms with van der Waals surface area (Å²) in [5.74, 6) is 0.226. The summed E-state index contributed by atoms with van der Waals surface area (Å²) in [6.07, 6.45) is -0.183. The van der Waals surface area contributed by atoms with Crippen molar-refractivity contribution < 1.29 is 9.53 Å². The number of thiophene rings is 1. The van der Waals surface area contributed by atoms with Crippen LogP contribution in [0, 0.1) is 13.8 Å². The third kappa shape index (κ3) is 3.75. The van der Waals surface area contributed by atoms with Gasteiger partial charge in [0.1, 0.15) is 15.5 Å². The molecule has 0 aliphatic carbocycles. The molecule has 0 atom stereocenters. The average Bonchev–Trinajstić information content (AvgIpc) is 2.86. The molecule has 2 heterocycles. The highest BCUT2D eigenvalue weighted by atomic mass is 35.5. The van der Waals surface area contributed by atoms with Crippen LogP contribution in [0.5, 0.6) is 0 Å². The minimum absolute atomic E-state index is 0.132. The molecule has 3 aromatic rings. The molecule has 0 fully saturated rings. The van der Waals surface area contributed by atoms with Gasteiger partial charge < -0.3 is 10.1 Å². The second-order valence-corrected chi connectivity index (χ2v) is 7.36. The van der Waals surface area contributed by atoms with Crippen molar-refractivity contribution in [3.8, 4) is 0 Å². The van der Waals surface area contributed by atoms with Crippen molar-refractivity contribution in [3.63, 3.8) is 0 Å². The summed E-state index contributed by atoms with van der Waals surface area (Å²) in [5.41, 5.74) is 2.84.